The Morgan fingerprint density at radius 3 is 2.76 bits per heavy atom. The van der Waals surface area contributed by atoms with E-state index in [1.54, 1.807) is 0 Å². The van der Waals surface area contributed by atoms with Crippen molar-refractivity contribution in [1.82, 2.24) is 4.31 Å². The van der Waals surface area contributed by atoms with Crippen LogP contribution in [0.15, 0.2) is 18.2 Å². The summed E-state index contributed by atoms with van der Waals surface area (Å²) in [5.74, 6) is -1.23. The second-order valence-corrected chi connectivity index (χ2v) is 7.12. The zero-order chi connectivity index (χ0) is 15.6. The number of benzene rings is 1. The summed E-state index contributed by atoms with van der Waals surface area (Å²) in [5.41, 5.74) is -0.152. The van der Waals surface area contributed by atoms with E-state index in [0.29, 0.717) is 6.54 Å². The van der Waals surface area contributed by atoms with Crippen LogP contribution in [0, 0.1) is 0 Å². The molecule has 1 aliphatic heterocycles. The van der Waals surface area contributed by atoms with Gasteiger partial charge in [-0.1, -0.05) is 18.0 Å². The van der Waals surface area contributed by atoms with Crippen LogP contribution in [0.3, 0.4) is 0 Å². The van der Waals surface area contributed by atoms with Crippen molar-refractivity contribution in [3.05, 3.63) is 28.8 Å². The van der Waals surface area contributed by atoms with Gasteiger partial charge in [-0.25, -0.2) is 4.79 Å². The Balaban J connectivity index is 2.30. The summed E-state index contributed by atoms with van der Waals surface area (Å²) in [5, 5.41) is 9.38. The number of hydrogen-bond donors (Lipinski definition) is 2. The van der Waals surface area contributed by atoms with Gasteiger partial charge in [0.25, 0.3) is 0 Å². The van der Waals surface area contributed by atoms with Gasteiger partial charge in [-0.2, -0.15) is 12.7 Å². The third-order valence-corrected chi connectivity index (χ3v) is 5.37. The van der Waals surface area contributed by atoms with Gasteiger partial charge in [0.1, 0.15) is 0 Å². The molecule has 0 radical (unpaired) electrons. The lowest BCUT2D eigenvalue weighted by molar-refractivity contribution is 0.0698. The van der Waals surface area contributed by atoms with E-state index in [0.717, 1.165) is 19.3 Å². The molecule has 8 heteroatoms. The number of carbonyl (C=O) groups is 1. The maximum atomic E-state index is 12.4. The number of nitrogens with zero attached hydrogens (tertiary/aromatic N) is 1. The molecule has 1 heterocycles. The van der Waals surface area contributed by atoms with Crippen LogP contribution in [-0.4, -0.2) is 36.4 Å². The largest absolute Gasteiger partial charge is 0.478 e. The Bertz CT molecular complexity index is 648. The van der Waals surface area contributed by atoms with Gasteiger partial charge < -0.3 is 5.11 Å². The highest BCUT2D eigenvalue weighted by Crippen LogP contribution is 2.25. The van der Waals surface area contributed by atoms with Crippen LogP contribution in [0.1, 0.15) is 36.5 Å². The number of halogens is 1. The van der Waals surface area contributed by atoms with Gasteiger partial charge in [0.05, 0.1) is 11.3 Å². The Kier molecular flexibility index (Phi) is 4.75. The van der Waals surface area contributed by atoms with Crippen LogP contribution >= 0.6 is 11.6 Å². The molecule has 1 unspecified atom stereocenters. The molecule has 0 bridgehead atoms. The van der Waals surface area contributed by atoms with Crippen molar-refractivity contribution in [2.24, 2.45) is 0 Å². The zero-order valence-electron chi connectivity index (χ0n) is 11.5. The molecule has 1 aliphatic rings. The Morgan fingerprint density at radius 2 is 2.14 bits per heavy atom. The van der Waals surface area contributed by atoms with Crippen LogP contribution in [0.4, 0.5) is 5.69 Å². The molecule has 1 atom stereocenters. The molecule has 6 nitrogen and oxygen atoms in total. The fourth-order valence-electron chi connectivity index (χ4n) is 2.41. The SMILES string of the molecule is CC1CCCCN1S(=O)(=O)Nc1ccc(Cl)cc1C(=O)O. The molecule has 116 valence electrons. The summed E-state index contributed by atoms with van der Waals surface area (Å²) in [6, 6.07) is 3.93. The van der Waals surface area contributed by atoms with Crippen LogP contribution in [0.25, 0.3) is 0 Å². The van der Waals surface area contributed by atoms with Crippen molar-refractivity contribution >= 4 is 33.5 Å². The van der Waals surface area contributed by atoms with E-state index in [2.05, 4.69) is 4.72 Å². The molecule has 0 aliphatic carbocycles. The maximum absolute atomic E-state index is 12.4. The first-order valence-corrected chi connectivity index (χ1v) is 8.45. The lowest BCUT2D eigenvalue weighted by Crippen LogP contribution is -2.45. The molecule has 1 aromatic rings. The minimum atomic E-state index is -3.78. The van der Waals surface area contributed by atoms with Crippen molar-refractivity contribution < 1.29 is 18.3 Å². The molecule has 2 N–H and O–H groups in total. The highest BCUT2D eigenvalue weighted by molar-refractivity contribution is 7.90. The zero-order valence-corrected chi connectivity index (χ0v) is 13.1. The first-order valence-electron chi connectivity index (χ1n) is 6.63. The molecule has 0 saturated carbocycles. The number of carboxylic acid groups (broad SMARTS) is 1. The molecule has 21 heavy (non-hydrogen) atoms. The number of aromatic carboxylic acids is 1. The molecule has 0 spiro atoms. The molecule has 2 rings (SSSR count). The summed E-state index contributed by atoms with van der Waals surface area (Å²) < 4.78 is 28.6. The quantitative estimate of drug-likeness (QED) is 0.887. The standard InChI is InChI=1S/C13H17ClN2O4S/c1-9-4-2-3-7-16(9)21(19,20)15-12-6-5-10(14)8-11(12)13(17)18/h5-6,8-9,15H,2-4,7H2,1H3,(H,17,18). The van der Waals surface area contributed by atoms with Crippen molar-refractivity contribution in [1.29, 1.82) is 0 Å². The monoisotopic (exact) mass is 332 g/mol. The first kappa shape index (κ1) is 16.1. The molecule has 1 fully saturated rings. The molecule has 1 saturated heterocycles. The molecule has 0 amide bonds. The van der Waals surface area contributed by atoms with Gasteiger partial charge in [-0.05, 0) is 38.0 Å². The molecule has 1 aromatic carbocycles. The van der Waals surface area contributed by atoms with Gasteiger partial charge >= 0.3 is 16.2 Å². The van der Waals surface area contributed by atoms with Gasteiger partial charge in [-0.3, -0.25) is 4.72 Å². The topological polar surface area (TPSA) is 86.7 Å². The average molecular weight is 333 g/mol. The van der Waals surface area contributed by atoms with Crippen molar-refractivity contribution in [3.63, 3.8) is 0 Å². The van der Waals surface area contributed by atoms with Crippen LogP contribution in [-0.2, 0) is 10.2 Å². The lowest BCUT2D eigenvalue weighted by Gasteiger charge is -2.32. The highest BCUT2D eigenvalue weighted by atomic mass is 35.5. The second-order valence-electron chi connectivity index (χ2n) is 5.06. The van der Waals surface area contributed by atoms with E-state index in [9.17, 15) is 13.2 Å². The van der Waals surface area contributed by atoms with E-state index in [4.69, 9.17) is 16.7 Å². The molecule has 0 aromatic heterocycles. The normalized spacial score (nSPS) is 20.2. The fourth-order valence-corrected chi connectivity index (χ4v) is 4.10. The van der Waals surface area contributed by atoms with E-state index >= 15 is 0 Å². The maximum Gasteiger partial charge on any atom is 0.337 e. The predicted molar refractivity (Wildman–Crippen MR) is 81.0 cm³/mol. The minimum Gasteiger partial charge on any atom is -0.478 e. The van der Waals surface area contributed by atoms with Crippen LogP contribution < -0.4 is 4.72 Å². The second kappa shape index (κ2) is 6.21. The number of nitrogens with one attached hydrogen (secondary N) is 1. The summed E-state index contributed by atoms with van der Waals surface area (Å²) in [6.45, 7) is 2.28. The van der Waals surface area contributed by atoms with Crippen LogP contribution in [0.2, 0.25) is 5.02 Å². The summed E-state index contributed by atoms with van der Waals surface area (Å²) in [7, 11) is -3.78. The fraction of sp³-hybridized carbons (Fsp3) is 0.462. The summed E-state index contributed by atoms with van der Waals surface area (Å²) in [6.07, 6.45) is 2.60. The number of carboxylic acids is 1. The smallest absolute Gasteiger partial charge is 0.337 e. The van der Waals surface area contributed by atoms with Gasteiger partial charge in [-0.15, -0.1) is 0 Å². The van der Waals surface area contributed by atoms with Gasteiger partial charge in [0.2, 0.25) is 0 Å². The summed E-state index contributed by atoms with van der Waals surface area (Å²) in [4.78, 5) is 11.2. The van der Waals surface area contributed by atoms with E-state index in [1.807, 2.05) is 6.92 Å². The third-order valence-electron chi connectivity index (χ3n) is 3.50. The van der Waals surface area contributed by atoms with E-state index in [1.165, 1.54) is 22.5 Å². The Hall–Kier alpha value is -1.31. The number of piperidine rings is 1. The molecular weight excluding hydrogens is 316 g/mol. The number of hydrogen-bond acceptors (Lipinski definition) is 3. The first-order chi connectivity index (χ1) is 9.81. The average Bonchev–Trinajstić information content (AvgIpc) is 2.40. The minimum absolute atomic E-state index is 0.0182. The van der Waals surface area contributed by atoms with Gasteiger partial charge in [0, 0.05) is 17.6 Å². The Morgan fingerprint density at radius 1 is 1.43 bits per heavy atom. The van der Waals surface area contributed by atoms with Crippen LogP contribution in [0.5, 0.6) is 0 Å². The van der Waals surface area contributed by atoms with E-state index in [-0.39, 0.29) is 22.3 Å². The van der Waals surface area contributed by atoms with Gasteiger partial charge in [0.15, 0.2) is 0 Å². The third kappa shape index (κ3) is 3.66. The predicted octanol–water partition coefficient (Wildman–Crippen LogP) is 2.57. The van der Waals surface area contributed by atoms with Crippen molar-refractivity contribution in [2.45, 2.75) is 32.2 Å². The lowest BCUT2D eigenvalue weighted by atomic mass is 10.1. The van der Waals surface area contributed by atoms with Crippen molar-refractivity contribution in [3.8, 4) is 0 Å². The molecular formula is C13H17ClN2O4S. The van der Waals surface area contributed by atoms with Crippen molar-refractivity contribution in [2.75, 3.05) is 11.3 Å². The van der Waals surface area contributed by atoms with E-state index < -0.39 is 16.2 Å². The Labute approximate surface area is 128 Å². The summed E-state index contributed by atoms with van der Waals surface area (Å²) >= 11 is 5.75. The number of anilines is 1. The number of rotatable bonds is 4. The highest BCUT2D eigenvalue weighted by Gasteiger charge is 2.30.